The number of benzene rings is 2. The largest absolute Gasteiger partial charge is 0.478 e. The number of aromatic nitrogens is 2. The van der Waals surface area contributed by atoms with Gasteiger partial charge in [0.2, 0.25) is 5.82 Å². The average Bonchev–Trinajstić information content (AvgIpc) is 2.73. The molecule has 1 aromatic heterocycles. The van der Waals surface area contributed by atoms with E-state index < -0.39 is 15.9 Å². The molecule has 0 fully saturated rings. The molecule has 1 amide bonds. The van der Waals surface area contributed by atoms with Crippen LogP contribution in [0.4, 0.5) is 11.5 Å². The molecule has 0 aliphatic rings. The Morgan fingerprint density at radius 1 is 1.03 bits per heavy atom. The Hall–Kier alpha value is -2.99. The van der Waals surface area contributed by atoms with Crippen molar-refractivity contribution in [2.45, 2.75) is 4.90 Å². The SMILES string of the molecule is COc1nccnc1NS(=O)(=O)c1ccc(NC(=S)NC(=O)c2cc(Cl)cc(Cl)c2)cc1. The molecule has 0 atom stereocenters. The van der Waals surface area contributed by atoms with E-state index in [-0.39, 0.29) is 27.3 Å². The number of rotatable bonds is 6. The van der Waals surface area contributed by atoms with Crippen molar-refractivity contribution in [2.24, 2.45) is 0 Å². The maximum absolute atomic E-state index is 12.6. The lowest BCUT2D eigenvalue weighted by atomic mass is 10.2. The van der Waals surface area contributed by atoms with E-state index in [4.69, 9.17) is 40.2 Å². The number of carbonyl (C=O) groups excluding carboxylic acids is 1. The van der Waals surface area contributed by atoms with Crippen LogP contribution < -0.4 is 20.1 Å². The van der Waals surface area contributed by atoms with Crippen LogP contribution in [-0.4, -0.2) is 36.5 Å². The van der Waals surface area contributed by atoms with Gasteiger partial charge in [-0.25, -0.2) is 18.4 Å². The highest BCUT2D eigenvalue weighted by Crippen LogP contribution is 2.22. The molecular formula is C19H15Cl2N5O4S2. The molecule has 3 N–H and O–H groups in total. The second kappa shape index (κ2) is 10.1. The van der Waals surface area contributed by atoms with Crippen LogP contribution in [0.3, 0.4) is 0 Å². The number of sulfonamides is 1. The summed E-state index contributed by atoms with van der Waals surface area (Å²) in [5.41, 5.74) is 0.689. The second-order valence-corrected chi connectivity index (χ2v) is 9.07. The predicted octanol–water partition coefficient (Wildman–Crippen LogP) is 3.72. The van der Waals surface area contributed by atoms with Crippen LogP contribution in [0.15, 0.2) is 59.8 Å². The Morgan fingerprint density at radius 3 is 2.28 bits per heavy atom. The molecule has 1 heterocycles. The van der Waals surface area contributed by atoms with Crippen molar-refractivity contribution in [1.29, 1.82) is 0 Å². The fourth-order valence-electron chi connectivity index (χ4n) is 2.47. The van der Waals surface area contributed by atoms with Gasteiger partial charge in [-0.05, 0) is 54.7 Å². The number of anilines is 2. The molecule has 13 heteroatoms. The van der Waals surface area contributed by atoms with Crippen LogP contribution in [0.2, 0.25) is 10.0 Å². The second-order valence-electron chi connectivity index (χ2n) is 6.11. The van der Waals surface area contributed by atoms with Gasteiger partial charge in [0, 0.05) is 33.7 Å². The minimum Gasteiger partial charge on any atom is -0.478 e. The van der Waals surface area contributed by atoms with Crippen LogP contribution in [0.25, 0.3) is 0 Å². The van der Waals surface area contributed by atoms with Crippen molar-refractivity contribution in [3.63, 3.8) is 0 Å². The van der Waals surface area contributed by atoms with Crippen molar-refractivity contribution in [3.05, 3.63) is 70.5 Å². The normalized spacial score (nSPS) is 10.8. The maximum atomic E-state index is 12.6. The summed E-state index contributed by atoms with van der Waals surface area (Å²) in [7, 11) is -2.59. The van der Waals surface area contributed by atoms with E-state index in [1.165, 1.54) is 62.0 Å². The third-order valence-corrected chi connectivity index (χ3v) is 5.86. The number of halogens is 2. The highest BCUT2D eigenvalue weighted by atomic mass is 35.5. The van der Waals surface area contributed by atoms with Crippen LogP contribution in [0.5, 0.6) is 5.88 Å². The first-order valence-electron chi connectivity index (χ1n) is 8.74. The average molecular weight is 512 g/mol. The Kier molecular flexibility index (Phi) is 7.46. The first-order valence-corrected chi connectivity index (χ1v) is 11.4. The number of carbonyl (C=O) groups is 1. The van der Waals surface area contributed by atoms with Crippen molar-refractivity contribution < 1.29 is 17.9 Å². The van der Waals surface area contributed by atoms with Crippen molar-refractivity contribution in [2.75, 3.05) is 17.1 Å². The topological polar surface area (TPSA) is 122 Å². The van der Waals surface area contributed by atoms with Crippen LogP contribution in [-0.2, 0) is 10.0 Å². The number of thiocarbonyl (C=S) groups is 1. The van der Waals surface area contributed by atoms with Gasteiger partial charge in [0.05, 0.1) is 12.0 Å². The highest BCUT2D eigenvalue weighted by Gasteiger charge is 2.18. The fraction of sp³-hybridized carbons (Fsp3) is 0.0526. The van der Waals surface area contributed by atoms with Crippen molar-refractivity contribution in [1.82, 2.24) is 15.3 Å². The number of hydrogen-bond acceptors (Lipinski definition) is 7. The van der Waals surface area contributed by atoms with Gasteiger partial charge in [-0.1, -0.05) is 23.2 Å². The van der Waals surface area contributed by atoms with Gasteiger partial charge in [-0.15, -0.1) is 0 Å². The van der Waals surface area contributed by atoms with E-state index >= 15 is 0 Å². The summed E-state index contributed by atoms with van der Waals surface area (Å²) >= 11 is 16.9. The lowest BCUT2D eigenvalue weighted by molar-refractivity contribution is 0.0977. The molecule has 0 saturated carbocycles. The summed E-state index contributed by atoms with van der Waals surface area (Å²) in [6.07, 6.45) is 2.71. The monoisotopic (exact) mass is 511 g/mol. The van der Waals surface area contributed by atoms with E-state index in [2.05, 4.69) is 25.3 Å². The fourth-order valence-corrected chi connectivity index (χ4v) is 4.21. The van der Waals surface area contributed by atoms with E-state index in [0.717, 1.165) is 0 Å². The predicted molar refractivity (Wildman–Crippen MR) is 126 cm³/mol. The third kappa shape index (κ3) is 6.04. The molecule has 0 spiro atoms. The lowest BCUT2D eigenvalue weighted by Crippen LogP contribution is -2.34. The molecule has 0 radical (unpaired) electrons. The van der Waals surface area contributed by atoms with Gasteiger partial charge < -0.3 is 10.1 Å². The lowest BCUT2D eigenvalue weighted by Gasteiger charge is -2.12. The quantitative estimate of drug-likeness (QED) is 0.428. The van der Waals surface area contributed by atoms with Gasteiger partial charge in [-0.3, -0.25) is 14.8 Å². The molecule has 32 heavy (non-hydrogen) atoms. The van der Waals surface area contributed by atoms with Crippen molar-refractivity contribution >= 4 is 68.0 Å². The van der Waals surface area contributed by atoms with Crippen molar-refractivity contribution in [3.8, 4) is 5.88 Å². The minimum absolute atomic E-state index is 0.00382. The molecule has 9 nitrogen and oxygen atoms in total. The van der Waals surface area contributed by atoms with Crippen LogP contribution in [0.1, 0.15) is 10.4 Å². The first kappa shape index (κ1) is 23.7. The zero-order valence-electron chi connectivity index (χ0n) is 16.3. The Bertz CT molecular complexity index is 1250. The standard InChI is InChI=1S/C19H15Cl2N5O4S2/c1-30-18-16(22-6-7-23-18)26-32(28,29)15-4-2-14(3-5-15)24-19(31)25-17(27)11-8-12(20)10-13(21)9-11/h2-10H,1H3,(H,22,26)(H2,24,25,27,31). The summed E-state index contributed by atoms with van der Waals surface area (Å²) < 4.78 is 32.5. The van der Waals surface area contributed by atoms with Gasteiger partial charge in [-0.2, -0.15) is 0 Å². The number of ether oxygens (including phenoxy) is 1. The summed E-state index contributed by atoms with van der Waals surface area (Å²) in [6.45, 7) is 0. The summed E-state index contributed by atoms with van der Waals surface area (Å²) in [4.78, 5) is 20.1. The molecular weight excluding hydrogens is 497 g/mol. The van der Waals surface area contributed by atoms with E-state index in [0.29, 0.717) is 15.7 Å². The van der Waals surface area contributed by atoms with Gasteiger partial charge in [0.25, 0.3) is 21.8 Å². The molecule has 3 rings (SSSR count). The van der Waals surface area contributed by atoms with E-state index in [9.17, 15) is 13.2 Å². The molecule has 3 aromatic rings. The third-order valence-electron chi connectivity index (χ3n) is 3.86. The number of methoxy groups -OCH3 is 1. The molecule has 0 aliphatic carbocycles. The number of amides is 1. The highest BCUT2D eigenvalue weighted by molar-refractivity contribution is 7.92. The molecule has 0 unspecified atom stereocenters. The zero-order chi connectivity index (χ0) is 23.3. The van der Waals surface area contributed by atoms with Gasteiger partial charge in [0.15, 0.2) is 5.11 Å². The van der Waals surface area contributed by atoms with Gasteiger partial charge >= 0.3 is 0 Å². The maximum Gasteiger partial charge on any atom is 0.263 e. The van der Waals surface area contributed by atoms with E-state index in [1.54, 1.807) is 0 Å². The molecule has 0 aliphatic heterocycles. The number of hydrogen-bond donors (Lipinski definition) is 3. The number of nitrogens with zero attached hydrogens (tertiary/aromatic N) is 2. The molecule has 0 bridgehead atoms. The smallest absolute Gasteiger partial charge is 0.263 e. The van der Waals surface area contributed by atoms with Crippen LogP contribution >= 0.6 is 35.4 Å². The molecule has 0 saturated heterocycles. The van der Waals surface area contributed by atoms with Gasteiger partial charge in [0.1, 0.15) is 0 Å². The molecule has 2 aromatic carbocycles. The number of nitrogens with one attached hydrogen (secondary N) is 3. The Balaban J connectivity index is 1.66. The zero-order valence-corrected chi connectivity index (χ0v) is 19.4. The van der Waals surface area contributed by atoms with E-state index in [1.807, 2.05) is 0 Å². The molecule has 166 valence electrons. The first-order chi connectivity index (χ1) is 15.2. The van der Waals surface area contributed by atoms with Crippen LogP contribution in [0, 0.1) is 0 Å². The summed E-state index contributed by atoms with van der Waals surface area (Å²) in [5, 5.41) is 5.91. The Labute approximate surface area is 199 Å². The summed E-state index contributed by atoms with van der Waals surface area (Å²) in [6, 6.07) is 10.1. The Morgan fingerprint density at radius 2 is 1.66 bits per heavy atom. The minimum atomic E-state index is -3.94. The summed E-state index contributed by atoms with van der Waals surface area (Å²) in [5.74, 6) is -0.508.